The minimum Gasteiger partial charge on any atom is -0.393 e. The molecule has 1 amide bonds. The Kier molecular flexibility index (Phi) is 7.40. The molecule has 4 heteroatoms. The lowest BCUT2D eigenvalue weighted by Crippen LogP contribution is -2.36. The number of hydrogen-bond donors (Lipinski definition) is 2. The molecule has 2 N–H and O–H groups in total. The average Bonchev–Trinajstić information content (AvgIpc) is 2.51. The predicted molar refractivity (Wildman–Crippen MR) is 91.6 cm³/mol. The van der Waals surface area contributed by atoms with Gasteiger partial charge in [-0.1, -0.05) is 24.3 Å². The van der Waals surface area contributed by atoms with Crippen LogP contribution in [0.15, 0.2) is 42.6 Å². The maximum absolute atomic E-state index is 12.6. The molecule has 0 unspecified atom stereocenters. The van der Waals surface area contributed by atoms with Gasteiger partial charge in [0.15, 0.2) is 0 Å². The molecule has 1 aromatic carbocycles. The van der Waals surface area contributed by atoms with E-state index >= 15 is 0 Å². The zero-order valence-electron chi connectivity index (χ0n) is 13.8. The van der Waals surface area contributed by atoms with Crippen LogP contribution in [-0.2, 0) is 0 Å². The van der Waals surface area contributed by atoms with Crippen molar-refractivity contribution < 1.29 is 9.90 Å². The number of nitrogens with one attached hydrogen (secondary N) is 1. The standard InChI is InChI=1S/C18H26N2O2/c1-5-20(14(2)3)18(22)16-9-6-8-15(12-16)17(13-19-4)10-7-11-21/h6-10,12-14,19,21H,5,11H2,1-4H3/b10-7-,17-13+. The number of allylic oxidation sites excluding steroid dienone is 2. The third kappa shape index (κ3) is 4.74. The summed E-state index contributed by atoms with van der Waals surface area (Å²) < 4.78 is 0. The Balaban J connectivity index is 3.14. The van der Waals surface area contributed by atoms with E-state index in [1.807, 2.05) is 69.3 Å². The monoisotopic (exact) mass is 302 g/mol. The highest BCUT2D eigenvalue weighted by atomic mass is 16.2. The summed E-state index contributed by atoms with van der Waals surface area (Å²) in [5.41, 5.74) is 2.52. The fraction of sp³-hybridized carbons (Fsp3) is 0.389. The summed E-state index contributed by atoms with van der Waals surface area (Å²) in [5.74, 6) is 0.0364. The van der Waals surface area contributed by atoms with Crippen LogP contribution in [0.25, 0.3) is 5.57 Å². The van der Waals surface area contributed by atoms with E-state index in [4.69, 9.17) is 5.11 Å². The van der Waals surface area contributed by atoms with Gasteiger partial charge in [0.2, 0.25) is 0 Å². The van der Waals surface area contributed by atoms with Crippen LogP contribution in [0.3, 0.4) is 0 Å². The SMILES string of the molecule is CCN(C(=O)c1cccc(C(/C=C\CO)=C/NC)c1)C(C)C. The normalized spacial score (nSPS) is 12.0. The zero-order chi connectivity index (χ0) is 16.5. The van der Waals surface area contributed by atoms with Gasteiger partial charge in [0, 0.05) is 31.4 Å². The second-order valence-electron chi connectivity index (χ2n) is 5.24. The number of carbonyl (C=O) groups is 1. The lowest BCUT2D eigenvalue weighted by atomic mass is 10.0. The third-order valence-corrected chi connectivity index (χ3v) is 3.37. The Labute approximate surface area is 133 Å². The van der Waals surface area contributed by atoms with Gasteiger partial charge in [-0.25, -0.2) is 0 Å². The van der Waals surface area contributed by atoms with Crippen LogP contribution in [0.5, 0.6) is 0 Å². The molecule has 0 spiro atoms. The van der Waals surface area contributed by atoms with Crippen molar-refractivity contribution in [1.82, 2.24) is 10.2 Å². The first-order valence-electron chi connectivity index (χ1n) is 7.61. The maximum Gasteiger partial charge on any atom is 0.254 e. The third-order valence-electron chi connectivity index (χ3n) is 3.37. The Hall–Kier alpha value is -2.07. The molecule has 22 heavy (non-hydrogen) atoms. The number of amides is 1. The molecule has 0 aromatic heterocycles. The molecule has 0 fully saturated rings. The van der Waals surface area contributed by atoms with Crippen molar-refractivity contribution in [3.8, 4) is 0 Å². The molecule has 120 valence electrons. The van der Waals surface area contributed by atoms with Crippen LogP contribution < -0.4 is 5.32 Å². The van der Waals surface area contributed by atoms with Gasteiger partial charge < -0.3 is 15.3 Å². The zero-order valence-corrected chi connectivity index (χ0v) is 13.8. The predicted octanol–water partition coefficient (Wildman–Crippen LogP) is 2.67. The summed E-state index contributed by atoms with van der Waals surface area (Å²) in [6.07, 6.45) is 5.35. The van der Waals surface area contributed by atoms with E-state index in [9.17, 15) is 4.79 Å². The van der Waals surface area contributed by atoms with E-state index in [0.29, 0.717) is 12.1 Å². The molecule has 0 aliphatic carbocycles. The fourth-order valence-corrected chi connectivity index (χ4v) is 2.30. The van der Waals surface area contributed by atoms with Gasteiger partial charge in [0.1, 0.15) is 0 Å². The lowest BCUT2D eigenvalue weighted by Gasteiger charge is -2.25. The molecule has 4 nitrogen and oxygen atoms in total. The van der Waals surface area contributed by atoms with Crippen LogP contribution >= 0.6 is 0 Å². The van der Waals surface area contributed by atoms with E-state index < -0.39 is 0 Å². The quantitative estimate of drug-likeness (QED) is 0.761. The molecule has 0 bridgehead atoms. The molecule has 1 rings (SSSR count). The number of carbonyl (C=O) groups excluding carboxylic acids is 1. The lowest BCUT2D eigenvalue weighted by molar-refractivity contribution is 0.0717. The highest BCUT2D eigenvalue weighted by molar-refractivity contribution is 5.95. The number of nitrogens with zero attached hydrogens (tertiary/aromatic N) is 1. The van der Waals surface area contributed by atoms with Crippen LogP contribution in [0.4, 0.5) is 0 Å². The Morgan fingerprint density at radius 3 is 2.59 bits per heavy atom. The molecule has 0 heterocycles. The van der Waals surface area contributed by atoms with E-state index in [-0.39, 0.29) is 18.6 Å². The van der Waals surface area contributed by atoms with E-state index in [1.54, 1.807) is 6.08 Å². The highest BCUT2D eigenvalue weighted by Gasteiger charge is 2.17. The van der Waals surface area contributed by atoms with Gasteiger partial charge >= 0.3 is 0 Å². The summed E-state index contributed by atoms with van der Waals surface area (Å²) in [6, 6.07) is 7.73. The fourth-order valence-electron chi connectivity index (χ4n) is 2.30. The number of aliphatic hydroxyl groups is 1. The number of aliphatic hydroxyl groups excluding tert-OH is 1. The molecule has 0 aliphatic heterocycles. The molecular formula is C18H26N2O2. The van der Waals surface area contributed by atoms with Gasteiger partial charge in [-0.3, -0.25) is 4.79 Å². The largest absolute Gasteiger partial charge is 0.393 e. The Bertz CT molecular complexity index is 548. The molecule has 0 radical (unpaired) electrons. The van der Waals surface area contributed by atoms with Crippen molar-refractivity contribution in [3.05, 3.63) is 53.7 Å². The summed E-state index contributed by atoms with van der Waals surface area (Å²) in [4.78, 5) is 14.4. The summed E-state index contributed by atoms with van der Waals surface area (Å²) >= 11 is 0. The van der Waals surface area contributed by atoms with E-state index in [2.05, 4.69) is 5.32 Å². The molecule has 1 aromatic rings. The van der Waals surface area contributed by atoms with Crippen LogP contribution in [0, 0.1) is 0 Å². The maximum atomic E-state index is 12.6. The van der Waals surface area contributed by atoms with Crippen molar-refractivity contribution in [2.45, 2.75) is 26.8 Å². The smallest absolute Gasteiger partial charge is 0.254 e. The van der Waals surface area contributed by atoms with Gasteiger partial charge in [-0.2, -0.15) is 0 Å². The molecule has 0 aliphatic rings. The number of rotatable bonds is 7. The molecular weight excluding hydrogens is 276 g/mol. The van der Waals surface area contributed by atoms with Gasteiger partial charge in [0.05, 0.1) is 6.61 Å². The second-order valence-corrected chi connectivity index (χ2v) is 5.24. The molecule has 0 saturated carbocycles. The van der Waals surface area contributed by atoms with Crippen LogP contribution in [-0.4, -0.2) is 42.2 Å². The molecule has 0 atom stereocenters. The first-order chi connectivity index (χ1) is 10.5. The number of hydrogen-bond acceptors (Lipinski definition) is 3. The first-order valence-corrected chi connectivity index (χ1v) is 7.61. The minimum absolute atomic E-state index is 0.0172. The summed E-state index contributed by atoms with van der Waals surface area (Å²) in [5, 5.41) is 11.9. The van der Waals surface area contributed by atoms with Crippen molar-refractivity contribution in [2.75, 3.05) is 20.2 Å². The van der Waals surface area contributed by atoms with Crippen LogP contribution in [0.2, 0.25) is 0 Å². The van der Waals surface area contributed by atoms with Gasteiger partial charge in [0.25, 0.3) is 5.91 Å². The topological polar surface area (TPSA) is 52.6 Å². The summed E-state index contributed by atoms with van der Waals surface area (Å²) in [6.45, 7) is 6.68. The Morgan fingerprint density at radius 2 is 2.05 bits per heavy atom. The minimum atomic E-state index is -0.0172. The van der Waals surface area contributed by atoms with E-state index in [0.717, 1.165) is 11.1 Å². The van der Waals surface area contributed by atoms with Crippen molar-refractivity contribution in [3.63, 3.8) is 0 Å². The average molecular weight is 302 g/mol. The van der Waals surface area contributed by atoms with Crippen molar-refractivity contribution in [2.24, 2.45) is 0 Å². The van der Waals surface area contributed by atoms with Gasteiger partial charge in [-0.05, 0) is 44.0 Å². The first kappa shape index (κ1) is 18.0. The Morgan fingerprint density at radius 1 is 1.36 bits per heavy atom. The number of benzene rings is 1. The van der Waals surface area contributed by atoms with Gasteiger partial charge in [-0.15, -0.1) is 0 Å². The second kappa shape index (κ2) is 9.05. The summed E-state index contributed by atoms with van der Waals surface area (Å²) in [7, 11) is 1.82. The van der Waals surface area contributed by atoms with Crippen LogP contribution in [0.1, 0.15) is 36.7 Å². The van der Waals surface area contributed by atoms with Crippen molar-refractivity contribution in [1.29, 1.82) is 0 Å². The van der Waals surface area contributed by atoms with Crippen molar-refractivity contribution >= 4 is 11.5 Å². The van der Waals surface area contributed by atoms with E-state index in [1.165, 1.54) is 0 Å². The molecule has 0 saturated heterocycles. The highest BCUT2D eigenvalue weighted by Crippen LogP contribution is 2.18.